The molecule has 1 amide bonds. The second-order valence-corrected chi connectivity index (χ2v) is 8.05. The van der Waals surface area contributed by atoms with Crippen LogP contribution in [0, 0.1) is 13.8 Å². The number of aryl methyl sites for hydroxylation is 2. The Labute approximate surface area is 187 Å². The van der Waals surface area contributed by atoms with Crippen LogP contribution >= 0.6 is 0 Å². The zero-order valence-electron chi connectivity index (χ0n) is 18.0. The van der Waals surface area contributed by atoms with Crippen molar-refractivity contribution in [1.29, 1.82) is 0 Å². The number of carbonyl (C=O) groups excluding carboxylic acids is 1. The van der Waals surface area contributed by atoms with Gasteiger partial charge in [-0.1, -0.05) is 66.2 Å². The van der Waals surface area contributed by atoms with Gasteiger partial charge >= 0.3 is 0 Å². The molecule has 0 aliphatic heterocycles. The number of benzene rings is 4. The van der Waals surface area contributed by atoms with Gasteiger partial charge in [-0.3, -0.25) is 4.79 Å². The number of fused-ring (bicyclic) bond motifs is 1. The first-order valence-corrected chi connectivity index (χ1v) is 10.6. The molecular formula is C28H23N3O. The number of rotatable bonds is 4. The number of amides is 1. The van der Waals surface area contributed by atoms with E-state index in [0.29, 0.717) is 5.69 Å². The first-order chi connectivity index (χ1) is 15.6. The molecule has 0 aliphatic rings. The summed E-state index contributed by atoms with van der Waals surface area (Å²) in [6, 6.07) is 32.3. The van der Waals surface area contributed by atoms with Crippen molar-refractivity contribution >= 4 is 22.4 Å². The van der Waals surface area contributed by atoms with Gasteiger partial charge in [-0.25, -0.2) is 4.68 Å². The summed E-state index contributed by atoms with van der Waals surface area (Å²) < 4.78 is 1.85. The molecule has 0 fully saturated rings. The van der Waals surface area contributed by atoms with Crippen LogP contribution < -0.4 is 5.32 Å². The van der Waals surface area contributed by atoms with E-state index in [1.165, 1.54) is 5.39 Å². The number of anilines is 1. The number of aromatic nitrogens is 2. The summed E-state index contributed by atoms with van der Waals surface area (Å²) in [4.78, 5) is 13.0. The third-order valence-corrected chi connectivity index (χ3v) is 5.54. The molecule has 0 bridgehead atoms. The lowest BCUT2D eigenvalue weighted by Gasteiger charge is -2.09. The highest BCUT2D eigenvalue weighted by Crippen LogP contribution is 2.28. The van der Waals surface area contributed by atoms with Crippen molar-refractivity contribution < 1.29 is 4.79 Å². The Morgan fingerprint density at radius 2 is 1.53 bits per heavy atom. The van der Waals surface area contributed by atoms with E-state index in [1.807, 2.05) is 79.2 Å². The fraction of sp³-hybridized carbons (Fsp3) is 0.0714. The van der Waals surface area contributed by atoms with Crippen LogP contribution in [0.25, 0.3) is 27.7 Å². The van der Waals surface area contributed by atoms with Crippen LogP contribution in [0.5, 0.6) is 0 Å². The van der Waals surface area contributed by atoms with Gasteiger partial charge in [0.2, 0.25) is 0 Å². The molecule has 0 atom stereocenters. The predicted molar refractivity (Wildman–Crippen MR) is 130 cm³/mol. The van der Waals surface area contributed by atoms with Crippen molar-refractivity contribution in [2.24, 2.45) is 0 Å². The monoisotopic (exact) mass is 417 g/mol. The zero-order chi connectivity index (χ0) is 22.1. The molecule has 1 heterocycles. The topological polar surface area (TPSA) is 46.9 Å². The van der Waals surface area contributed by atoms with Crippen molar-refractivity contribution in [3.63, 3.8) is 0 Å². The third-order valence-electron chi connectivity index (χ3n) is 5.54. The van der Waals surface area contributed by atoms with Gasteiger partial charge in [-0.15, -0.1) is 0 Å². The SMILES string of the molecule is Cc1ccc(NC(=O)c2cc(-c3ccc4ccccc4c3)n(-c3cccc(C)c3)n2)cc1. The Bertz CT molecular complexity index is 1430. The number of nitrogens with zero attached hydrogens (tertiary/aromatic N) is 2. The van der Waals surface area contributed by atoms with Crippen LogP contribution in [0.15, 0.2) is 97.1 Å². The van der Waals surface area contributed by atoms with Gasteiger partial charge in [0.25, 0.3) is 5.91 Å². The summed E-state index contributed by atoms with van der Waals surface area (Å²) in [5.74, 6) is -0.234. The minimum atomic E-state index is -0.234. The lowest BCUT2D eigenvalue weighted by atomic mass is 10.0. The summed E-state index contributed by atoms with van der Waals surface area (Å²) >= 11 is 0. The maximum absolute atomic E-state index is 13.0. The Morgan fingerprint density at radius 3 is 2.31 bits per heavy atom. The molecule has 4 heteroatoms. The summed E-state index contributed by atoms with van der Waals surface area (Å²) in [6.45, 7) is 4.07. The lowest BCUT2D eigenvalue weighted by molar-refractivity contribution is 0.102. The van der Waals surface area contributed by atoms with Gasteiger partial charge in [0.05, 0.1) is 11.4 Å². The van der Waals surface area contributed by atoms with Gasteiger partial charge in [-0.2, -0.15) is 5.10 Å². The van der Waals surface area contributed by atoms with E-state index in [9.17, 15) is 4.79 Å². The third kappa shape index (κ3) is 3.91. The van der Waals surface area contributed by atoms with Gasteiger partial charge in [-0.05, 0) is 66.6 Å². The summed E-state index contributed by atoms with van der Waals surface area (Å²) in [7, 11) is 0. The number of hydrogen-bond acceptors (Lipinski definition) is 2. The number of hydrogen-bond donors (Lipinski definition) is 1. The molecule has 4 aromatic carbocycles. The summed E-state index contributed by atoms with van der Waals surface area (Å²) in [5, 5.41) is 9.97. The average molecular weight is 418 g/mol. The van der Waals surface area contributed by atoms with Crippen molar-refractivity contribution in [3.05, 3.63) is 114 Å². The van der Waals surface area contributed by atoms with Crippen molar-refractivity contribution in [2.75, 3.05) is 5.32 Å². The quantitative estimate of drug-likeness (QED) is 0.360. The predicted octanol–water partition coefficient (Wildman–Crippen LogP) is 6.56. The zero-order valence-corrected chi connectivity index (χ0v) is 18.0. The van der Waals surface area contributed by atoms with Crippen LogP contribution in [0.1, 0.15) is 21.6 Å². The maximum Gasteiger partial charge on any atom is 0.276 e. The molecule has 0 unspecified atom stereocenters. The van der Waals surface area contributed by atoms with E-state index in [1.54, 1.807) is 0 Å². The fourth-order valence-corrected chi connectivity index (χ4v) is 3.83. The van der Waals surface area contributed by atoms with E-state index in [-0.39, 0.29) is 5.91 Å². The summed E-state index contributed by atoms with van der Waals surface area (Å²) in [6.07, 6.45) is 0. The Hall–Kier alpha value is -4.18. The molecule has 0 radical (unpaired) electrons. The molecule has 32 heavy (non-hydrogen) atoms. The minimum Gasteiger partial charge on any atom is -0.321 e. The minimum absolute atomic E-state index is 0.234. The normalized spacial score (nSPS) is 10.9. The van der Waals surface area contributed by atoms with E-state index in [2.05, 4.69) is 41.7 Å². The highest BCUT2D eigenvalue weighted by atomic mass is 16.1. The lowest BCUT2D eigenvalue weighted by Crippen LogP contribution is -2.13. The van der Waals surface area contributed by atoms with Crippen molar-refractivity contribution in [3.8, 4) is 16.9 Å². The molecule has 4 nitrogen and oxygen atoms in total. The average Bonchev–Trinajstić information content (AvgIpc) is 3.26. The molecule has 5 aromatic rings. The highest BCUT2D eigenvalue weighted by Gasteiger charge is 2.17. The maximum atomic E-state index is 13.0. The molecule has 156 valence electrons. The molecule has 0 aliphatic carbocycles. The Kier molecular flexibility index (Phi) is 5.04. The molecule has 1 N–H and O–H groups in total. The Balaban J connectivity index is 1.60. The summed E-state index contributed by atoms with van der Waals surface area (Å²) in [5.41, 5.74) is 6.19. The van der Waals surface area contributed by atoms with Crippen LogP contribution in [0.4, 0.5) is 5.69 Å². The molecule has 0 saturated carbocycles. The Morgan fingerprint density at radius 1 is 0.750 bits per heavy atom. The van der Waals surface area contributed by atoms with E-state index >= 15 is 0 Å². The van der Waals surface area contributed by atoms with Crippen LogP contribution in [-0.2, 0) is 0 Å². The fourth-order valence-electron chi connectivity index (χ4n) is 3.83. The van der Waals surface area contributed by atoms with Crippen LogP contribution in [0.3, 0.4) is 0 Å². The van der Waals surface area contributed by atoms with Crippen LogP contribution in [0.2, 0.25) is 0 Å². The number of carbonyl (C=O) groups is 1. The first kappa shape index (κ1) is 19.8. The van der Waals surface area contributed by atoms with E-state index < -0.39 is 0 Å². The van der Waals surface area contributed by atoms with Crippen molar-refractivity contribution in [2.45, 2.75) is 13.8 Å². The van der Waals surface area contributed by atoms with Gasteiger partial charge < -0.3 is 5.32 Å². The smallest absolute Gasteiger partial charge is 0.276 e. The highest BCUT2D eigenvalue weighted by molar-refractivity contribution is 6.03. The second kappa shape index (κ2) is 8.16. The van der Waals surface area contributed by atoms with E-state index in [0.717, 1.165) is 39.1 Å². The first-order valence-electron chi connectivity index (χ1n) is 10.6. The largest absolute Gasteiger partial charge is 0.321 e. The van der Waals surface area contributed by atoms with Crippen molar-refractivity contribution in [1.82, 2.24) is 9.78 Å². The molecule has 1 aromatic heterocycles. The van der Waals surface area contributed by atoms with Gasteiger partial charge in [0.15, 0.2) is 5.69 Å². The van der Waals surface area contributed by atoms with Gasteiger partial charge in [0, 0.05) is 11.3 Å². The standard InChI is InChI=1S/C28H23N3O/c1-19-10-14-24(15-11-19)29-28(32)26-18-27(31(30-26)25-9-5-6-20(2)16-25)23-13-12-21-7-3-4-8-22(21)17-23/h3-18H,1-2H3,(H,29,32). The second-order valence-electron chi connectivity index (χ2n) is 8.05. The van der Waals surface area contributed by atoms with Crippen LogP contribution in [-0.4, -0.2) is 15.7 Å². The molecule has 0 saturated heterocycles. The molecular weight excluding hydrogens is 394 g/mol. The van der Waals surface area contributed by atoms with Gasteiger partial charge in [0.1, 0.15) is 0 Å². The molecule has 0 spiro atoms. The van der Waals surface area contributed by atoms with E-state index in [4.69, 9.17) is 5.10 Å². The molecule has 5 rings (SSSR count). The number of nitrogens with one attached hydrogen (secondary N) is 1.